The van der Waals surface area contributed by atoms with Crippen LogP contribution in [0.15, 0.2) is 60.8 Å². The Morgan fingerprint density at radius 2 is 1.76 bits per heavy atom. The van der Waals surface area contributed by atoms with Gasteiger partial charge in [-0.1, -0.05) is 42.5 Å². The van der Waals surface area contributed by atoms with E-state index in [2.05, 4.69) is 10.4 Å². The van der Waals surface area contributed by atoms with Crippen molar-refractivity contribution in [2.24, 2.45) is 12.8 Å². The van der Waals surface area contributed by atoms with Crippen molar-refractivity contribution in [2.75, 3.05) is 0 Å². The number of rotatable bonds is 7. The molecule has 148 valence electrons. The van der Waals surface area contributed by atoms with Crippen LogP contribution in [0.3, 0.4) is 0 Å². The molecule has 1 unspecified atom stereocenters. The van der Waals surface area contributed by atoms with Crippen molar-refractivity contribution in [1.82, 2.24) is 15.1 Å². The maximum atomic E-state index is 12.9. The average molecular weight is 392 g/mol. The Hall–Kier alpha value is -3.94. The Kier molecular flexibility index (Phi) is 5.73. The number of nitrogens with two attached hydrogens (primary N) is 1. The number of Topliss-reactive ketones (excluding diaryl/α,β-unsaturated/α-hetero) is 1. The number of aromatic hydroxyl groups is 1. The summed E-state index contributed by atoms with van der Waals surface area (Å²) < 4.78 is 1.50. The van der Waals surface area contributed by atoms with Crippen molar-refractivity contribution < 1.29 is 19.5 Å². The highest BCUT2D eigenvalue weighted by Gasteiger charge is 2.27. The standard InChI is InChI=1S/C21H20N4O4/c1-25-12-16(18(24-25)14-5-3-2-4-6-14)21(29)23-17(19(27)20(22)28)11-13-7-9-15(26)10-8-13/h2-10,12,17,26H,11H2,1H3,(H2,22,28)(H,23,29). The van der Waals surface area contributed by atoms with Gasteiger partial charge in [0.1, 0.15) is 17.5 Å². The second-order valence-corrected chi connectivity index (χ2v) is 6.56. The van der Waals surface area contributed by atoms with Crippen LogP contribution in [0.25, 0.3) is 11.3 Å². The molecule has 0 saturated carbocycles. The number of aromatic nitrogens is 2. The number of phenolic OH excluding ortho intramolecular Hbond substituents is 1. The van der Waals surface area contributed by atoms with Crippen LogP contribution in [-0.4, -0.2) is 38.5 Å². The van der Waals surface area contributed by atoms with Crippen LogP contribution >= 0.6 is 0 Å². The van der Waals surface area contributed by atoms with Gasteiger partial charge in [0.05, 0.1) is 5.56 Å². The lowest BCUT2D eigenvalue weighted by Crippen LogP contribution is -2.47. The largest absolute Gasteiger partial charge is 0.508 e. The van der Waals surface area contributed by atoms with Crippen LogP contribution in [0.1, 0.15) is 15.9 Å². The predicted octanol–water partition coefficient (Wildman–Crippen LogP) is 1.19. The van der Waals surface area contributed by atoms with Gasteiger partial charge in [-0.25, -0.2) is 0 Å². The second-order valence-electron chi connectivity index (χ2n) is 6.56. The molecule has 1 aromatic heterocycles. The number of nitrogens with one attached hydrogen (secondary N) is 1. The fourth-order valence-electron chi connectivity index (χ4n) is 2.95. The molecule has 0 aliphatic rings. The molecule has 2 aromatic carbocycles. The number of nitrogens with zero attached hydrogens (tertiary/aromatic N) is 2. The van der Waals surface area contributed by atoms with Crippen LogP contribution in [0.5, 0.6) is 5.75 Å². The first kappa shape index (κ1) is 19.8. The van der Waals surface area contributed by atoms with Gasteiger partial charge in [0, 0.05) is 25.2 Å². The lowest BCUT2D eigenvalue weighted by molar-refractivity contribution is -0.137. The lowest BCUT2D eigenvalue weighted by Gasteiger charge is -2.16. The Morgan fingerprint density at radius 3 is 2.38 bits per heavy atom. The summed E-state index contributed by atoms with van der Waals surface area (Å²) in [5.74, 6) is -2.52. The van der Waals surface area contributed by atoms with E-state index in [1.807, 2.05) is 30.3 Å². The molecule has 1 heterocycles. The Bertz CT molecular complexity index is 1040. The van der Waals surface area contributed by atoms with Crippen LogP contribution in [-0.2, 0) is 23.1 Å². The molecule has 4 N–H and O–H groups in total. The number of hydrogen-bond acceptors (Lipinski definition) is 5. The van der Waals surface area contributed by atoms with Gasteiger partial charge in [-0.3, -0.25) is 19.1 Å². The third kappa shape index (κ3) is 4.67. The van der Waals surface area contributed by atoms with Gasteiger partial charge in [-0.15, -0.1) is 0 Å². The number of phenols is 1. The Balaban J connectivity index is 1.88. The molecule has 8 nitrogen and oxygen atoms in total. The molecule has 1 atom stereocenters. The smallest absolute Gasteiger partial charge is 0.287 e. The molecule has 8 heteroatoms. The molecule has 3 rings (SSSR count). The minimum Gasteiger partial charge on any atom is -0.508 e. The molecule has 0 spiro atoms. The van der Waals surface area contributed by atoms with Crippen LogP contribution in [0.2, 0.25) is 0 Å². The third-order valence-corrected chi connectivity index (χ3v) is 4.36. The molecule has 2 amide bonds. The van der Waals surface area contributed by atoms with Gasteiger partial charge in [0.15, 0.2) is 0 Å². The van der Waals surface area contributed by atoms with Crippen molar-refractivity contribution >= 4 is 17.6 Å². The van der Waals surface area contributed by atoms with Gasteiger partial charge >= 0.3 is 0 Å². The number of hydrogen-bond donors (Lipinski definition) is 3. The highest BCUT2D eigenvalue weighted by Crippen LogP contribution is 2.22. The highest BCUT2D eigenvalue weighted by atomic mass is 16.3. The summed E-state index contributed by atoms with van der Waals surface area (Å²) >= 11 is 0. The van der Waals surface area contributed by atoms with Crippen LogP contribution in [0, 0.1) is 0 Å². The van der Waals surface area contributed by atoms with E-state index in [0.717, 1.165) is 5.56 Å². The molecule has 0 bridgehead atoms. The summed E-state index contributed by atoms with van der Waals surface area (Å²) in [4.78, 5) is 36.7. The number of carbonyl (C=O) groups is 3. The first-order valence-corrected chi connectivity index (χ1v) is 8.86. The Labute approximate surface area is 167 Å². The maximum Gasteiger partial charge on any atom is 0.287 e. The minimum atomic E-state index is -1.15. The molecule has 0 fully saturated rings. The minimum absolute atomic E-state index is 0.0503. The fourth-order valence-corrected chi connectivity index (χ4v) is 2.95. The van der Waals surface area contributed by atoms with Crippen LogP contribution < -0.4 is 11.1 Å². The van der Waals surface area contributed by atoms with Gasteiger partial charge in [0.25, 0.3) is 11.8 Å². The molecule has 0 saturated heterocycles. The number of ketones is 1. The van der Waals surface area contributed by atoms with E-state index in [1.165, 1.54) is 16.8 Å². The van der Waals surface area contributed by atoms with E-state index in [1.54, 1.807) is 25.4 Å². The van der Waals surface area contributed by atoms with Crippen molar-refractivity contribution in [2.45, 2.75) is 12.5 Å². The maximum absolute atomic E-state index is 12.9. The van der Waals surface area contributed by atoms with E-state index < -0.39 is 23.6 Å². The molecular formula is C21H20N4O4. The second kappa shape index (κ2) is 8.39. The van der Waals surface area contributed by atoms with E-state index in [0.29, 0.717) is 11.3 Å². The summed E-state index contributed by atoms with van der Waals surface area (Å²) in [6.45, 7) is 0. The van der Waals surface area contributed by atoms with Crippen molar-refractivity contribution in [3.05, 3.63) is 71.9 Å². The van der Waals surface area contributed by atoms with E-state index in [9.17, 15) is 19.5 Å². The number of amides is 2. The normalized spacial score (nSPS) is 11.6. The first-order valence-electron chi connectivity index (χ1n) is 8.86. The summed E-state index contributed by atoms with van der Waals surface area (Å²) in [5.41, 5.74) is 7.28. The topological polar surface area (TPSA) is 127 Å². The monoisotopic (exact) mass is 392 g/mol. The van der Waals surface area contributed by atoms with Gasteiger partial charge in [-0.2, -0.15) is 5.10 Å². The van der Waals surface area contributed by atoms with E-state index in [4.69, 9.17) is 5.73 Å². The quantitative estimate of drug-likeness (QED) is 0.521. The third-order valence-electron chi connectivity index (χ3n) is 4.36. The molecule has 0 radical (unpaired) electrons. The summed E-state index contributed by atoms with van der Waals surface area (Å²) in [7, 11) is 1.69. The fraction of sp³-hybridized carbons (Fsp3) is 0.143. The summed E-state index contributed by atoms with van der Waals surface area (Å²) in [6, 6.07) is 14.1. The highest BCUT2D eigenvalue weighted by molar-refractivity contribution is 6.38. The van der Waals surface area contributed by atoms with Crippen molar-refractivity contribution in [3.63, 3.8) is 0 Å². The Morgan fingerprint density at radius 1 is 1.10 bits per heavy atom. The number of carbonyl (C=O) groups excluding carboxylic acids is 3. The number of aryl methyl sites for hydroxylation is 1. The number of primary amides is 1. The lowest BCUT2D eigenvalue weighted by atomic mass is 10.0. The molecule has 0 aliphatic carbocycles. The van der Waals surface area contributed by atoms with Crippen LogP contribution in [0.4, 0.5) is 0 Å². The van der Waals surface area contributed by atoms with E-state index >= 15 is 0 Å². The molecular weight excluding hydrogens is 372 g/mol. The van der Waals surface area contributed by atoms with Gasteiger partial charge in [0.2, 0.25) is 5.78 Å². The molecule has 0 aliphatic heterocycles. The zero-order valence-electron chi connectivity index (χ0n) is 15.7. The van der Waals surface area contributed by atoms with Gasteiger partial charge in [-0.05, 0) is 17.7 Å². The summed E-state index contributed by atoms with van der Waals surface area (Å²) in [5, 5.41) is 16.3. The first-order chi connectivity index (χ1) is 13.8. The number of benzene rings is 2. The average Bonchev–Trinajstić information content (AvgIpc) is 3.11. The molecule has 29 heavy (non-hydrogen) atoms. The van der Waals surface area contributed by atoms with Gasteiger partial charge < -0.3 is 16.2 Å². The molecule has 3 aromatic rings. The van der Waals surface area contributed by atoms with Crippen molar-refractivity contribution in [1.29, 1.82) is 0 Å². The SMILES string of the molecule is Cn1cc(C(=O)NC(Cc2ccc(O)cc2)C(=O)C(N)=O)c(-c2ccccc2)n1. The zero-order chi connectivity index (χ0) is 21.0. The summed E-state index contributed by atoms with van der Waals surface area (Å²) in [6.07, 6.45) is 1.60. The predicted molar refractivity (Wildman–Crippen MR) is 106 cm³/mol. The zero-order valence-corrected chi connectivity index (χ0v) is 15.7. The van der Waals surface area contributed by atoms with Crippen molar-refractivity contribution in [3.8, 4) is 17.0 Å². The van der Waals surface area contributed by atoms with E-state index in [-0.39, 0.29) is 17.7 Å².